The topological polar surface area (TPSA) is 85.4 Å². The molecule has 2 saturated heterocycles. The van der Waals surface area contributed by atoms with Crippen LogP contribution in [0.25, 0.3) is 0 Å². The van der Waals surface area contributed by atoms with Gasteiger partial charge in [0.2, 0.25) is 0 Å². The molecule has 2 heterocycles. The van der Waals surface area contributed by atoms with Gasteiger partial charge in [0, 0.05) is 18.9 Å². The van der Waals surface area contributed by atoms with Crippen LogP contribution in [0.1, 0.15) is 53.4 Å². The minimum Gasteiger partial charge on any atom is -0.458 e. The molecule has 2 aliphatic heterocycles. The number of esters is 2. The van der Waals surface area contributed by atoms with Gasteiger partial charge in [-0.15, -0.1) is 0 Å². The molecule has 3 aliphatic rings. The number of aliphatic hydroxyl groups is 1. The lowest BCUT2D eigenvalue weighted by atomic mass is 9.83. The van der Waals surface area contributed by atoms with Crippen molar-refractivity contribution < 1.29 is 28.9 Å². The van der Waals surface area contributed by atoms with Crippen LogP contribution < -0.4 is 0 Å². The van der Waals surface area contributed by atoms with E-state index in [1.54, 1.807) is 0 Å². The number of ether oxygens (including phenoxy) is 3. The van der Waals surface area contributed by atoms with E-state index in [-0.39, 0.29) is 23.8 Å². The van der Waals surface area contributed by atoms with Crippen molar-refractivity contribution in [2.45, 2.75) is 83.4 Å². The number of carbonyl (C=O) groups is 2. The number of hydrogen-bond acceptors (Lipinski definition) is 6. The summed E-state index contributed by atoms with van der Waals surface area (Å²) in [5.41, 5.74) is 1.93. The van der Waals surface area contributed by atoms with Crippen molar-refractivity contribution in [2.75, 3.05) is 0 Å². The number of carbonyl (C=O) groups excluding carboxylic acids is 2. The monoisotopic (exact) mass is 390 g/mol. The van der Waals surface area contributed by atoms with Crippen molar-refractivity contribution >= 4 is 11.9 Å². The molecule has 2 fully saturated rings. The normalized spacial score (nSPS) is 39.0. The third-order valence-corrected chi connectivity index (χ3v) is 5.89. The van der Waals surface area contributed by atoms with Crippen LogP contribution in [0.15, 0.2) is 35.5 Å². The SMILES string of the molecule is C=C1C(=O)O[C@H]2[C@H]1[C@H](O)CC(C)=C[C@H](OC(C)=O)CC(C)=CCC[C@]1(C)O[C@@H]21. The van der Waals surface area contributed by atoms with E-state index < -0.39 is 24.1 Å². The van der Waals surface area contributed by atoms with E-state index in [2.05, 4.69) is 12.7 Å². The van der Waals surface area contributed by atoms with Crippen molar-refractivity contribution in [1.82, 2.24) is 0 Å². The van der Waals surface area contributed by atoms with Crippen molar-refractivity contribution in [3.8, 4) is 0 Å². The van der Waals surface area contributed by atoms with Gasteiger partial charge in [0.1, 0.15) is 18.3 Å². The van der Waals surface area contributed by atoms with Gasteiger partial charge in [-0.1, -0.05) is 23.8 Å². The van der Waals surface area contributed by atoms with Crippen LogP contribution in [0.4, 0.5) is 0 Å². The third kappa shape index (κ3) is 4.39. The Hall–Kier alpha value is -1.92. The lowest BCUT2D eigenvalue weighted by Gasteiger charge is -2.24. The van der Waals surface area contributed by atoms with Gasteiger partial charge in [0.15, 0.2) is 0 Å². The van der Waals surface area contributed by atoms with Crippen LogP contribution in [0.2, 0.25) is 0 Å². The van der Waals surface area contributed by atoms with Crippen LogP contribution in [0.3, 0.4) is 0 Å². The Kier molecular flexibility index (Phi) is 5.82. The van der Waals surface area contributed by atoms with Crippen molar-refractivity contribution in [3.63, 3.8) is 0 Å². The van der Waals surface area contributed by atoms with Crippen LogP contribution in [-0.4, -0.2) is 47.1 Å². The summed E-state index contributed by atoms with van der Waals surface area (Å²) in [6, 6.07) is 0. The summed E-state index contributed by atoms with van der Waals surface area (Å²) in [7, 11) is 0. The molecular weight excluding hydrogens is 360 g/mol. The average molecular weight is 390 g/mol. The zero-order chi connectivity index (χ0) is 20.6. The molecule has 0 amide bonds. The smallest absolute Gasteiger partial charge is 0.334 e. The van der Waals surface area contributed by atoms with Crippen LogP contribution >= 0.6 is 0 Å². The Morgan fingerprint density at radius 2 is 2.04 bits per heavy atom. The number of epoxide rings is 1. The zero-order valence-corrected chi connectivity index (χ0v) is 17.1. The molecule has 0 saturated carbocycles. The summed E-state index contributed by atoms with van der Waals surface area (Å²) in [4.78, 5) is 23.6. The Balaban J connectivity index is 1.89. The highest BCUT2D eigenvalue weighted by molar-refractivity contribution is 5.91. The van der Waals surface area contributed by atoms with Gasteiger partial charge in [0.05, 0.1) is 17.6 Å². The molecule has 1 N–H and O–H groups in total. The molecule has 1 aliphatic carbocycles. The molecular formula is C22H30O6. The molecule has 0 spiro atoms. The van der Waals surface area contributed by atoms with E-state index in [4.69, 9.17) is 14.2 Å². The average Bonchev–Trinajstić information content (AvgIpc) is 3.13. The molecule has 6 atom stereocenters. The number of fused-ring (bicyclic) bond motifs is 3. The fourth-order valence-electron chi connectivity index (χ4n) is 4.38. The molecule has 6 nitrogen and oxygen atoms in total. The summed E-state index contributed by atoms with van der Waals surface area (Å²) in [5.74, 6) is -1.31. The lowest BCUT2D eigenvalue weighted by Crippen LogP contribution is -2.35. The first-order valence-corrected chi connectivity index (χ1v) is 9.86. The number of rotatable bonds is 1. The third-order valence-electron chi connectivity index (χ3n) is 5.89. The molecule has 0 aromatic heterocycles. The summed E-state index contributed by atoms with van der Waals surface area (Å²) < 4.78 is 16.9. The molecule has 6 heteroatoms. The first-order valence-electron chi connectivity index (χ1n) is 9.86. The van der Waals surface area contributed by atoms with Gasteiger partial charge in [0.25, 0.3) is 0 Å². The summed E-state index contributed by atoms with van der Waals surface area (Å²) in [6.07, 6.45) is 4.58. The van der Waals surface area contributed by atoms with Gasteiger partial charge in [-0.05, 0) is 46.1 Å². The largest absolute Gasteiger partial charge is 0.458 e. The second-order valence-corrected chi connectivity index (χ2v) is 8.50. The quantitative estimate of drug-likeness (QED) is 0.321. The van der Waals surface area contributed by atoms with E-state index >= 15 is 0 Å². The Morgan fingerprint density at radius 3 is 2.71 bits per heavy atom. The lowest BCUT2D eigenvalue weighted by molar-refractivity contribution is -0.144. The second-order valence-electron chi connectivity index (χ2n) is 8.50. The van der Waals surface area contributed by atoms with Gasteiger partial charge < -0.3 is 19.3 Å². The van der Waals surface area contributed by atoms with Gasteiger partial charge >= 0.3 is 11.9 Å². The summed E-state index contributed by atoms with van der Waals surface area (Å²) in [6.45, 7) is 11.2. The van der Waals surface area contributed by atoms with Crippen molar-refractivity contribution in [2.24, 2.45) is 5.92 Å². The summed E-state index contributed by atoms with van der Waals surface area (Å²) >= 11 is 0. The predicted octanol–water partition coefficient (Wildman–Crippen LogP) is 3.00. The van der Waals surface area contributed by atoms with Crippen LogP contribution in [-0.2, 0) is 23.8 Å². The minimum atomic E-state index is -0.828. The number of hydrogen-bond donors (Lipinski definition) is 1. The van der Waals surface area contributed by atoms with Crippen molar-refractivity contribution in [3.05, 3.63) is 35.5 Å². The zero-order valence-electron chi connectivity index (χ0n) is 17.1. The Morgan fingerprint density at radius 1 is 1.32 bits per heavy atom. The fourth-order valence-corrected chi connectivity index (χ4v) is 4.38. The molecule has 0 bridgehead atoms. The van der Waals surface area contributed by atoms with E-state index in [0.717, 1.165) is 24.0 Å². The standard InChI is InChI=1S/C22H30O6/c1-12-7-6-8-22(5)20(28-22)19-18(14(3)21(25)27-19)17(24)11-13(2)10-16(9-12)26-15(4)23/h7,10,16-20,24H,3,6,8-9,11H2,1-2,4-5H3/t16-,17-,18-,19+,20+,22+/m1/s1. The van der Waals surface area contributed by atoms with Crippen LogP contribution in [0, 0.1) is 5.92 Å². The maximum absolute atomic E-state index is 12.1. The van der Waals surface area contributed by atoms with E-state index in [1.807, 2.05) is 26.8 Å². The summed E-state index contributed by atoms with van der Waals surface area (Å²) in [5, 5.41) is 10.9. The first kappa shape index (κ1) is 20.8. The van der Waals surface area contributed by atoms with E-state index in [1.165, 1.54) is 6.92 Å². The highest BCUT2D eigenvalue weighted by Gasteiger charge is 2.62. The number of allylic oxidation sites excluding steroid dienone is 1. The molecule has 0 aromatic rings. The molecule has 3 rings (SSSR count). The van der Waals surface area contributed by atoms with Crippen LogP contribution in [0.5, 0.6) is 0 Å². The van der Waals surface area contributed by atoms with Crippen molar-refractivity contribution in [1.29, 1.82) is 0 Å². The van der Waals surface area contributed by atoms with Gasteiger partial charge in [-0.25, -0.2) is 4.79 Å². The molecule has 0 aromatic carbocycles. The van der Waals surface area contributed by atoms with E-state index in [0.29, 0.717) is 18.4 Å². The molecule has 0 radical (unpaired) electrons. The predicted molar refractivity (Wildman–Crippen MR) is 103 cm³/mol. The molecule has 0 unspecified atom stereocenters. The second kappa shape index (κ2) is 7.84. The highest BCUT2D eigenvalue weighted by atomic mass is 16.6. The maximum atomic E-state index is 12.1. The van der Waals surface area contributed by atoms with Gasteiger partial charge in [-0.2, -0.15) is 0 Å². The number of aliphatic hydroxyl groups excluding tert-OH is 1. The van der Waals surface area contributed by atoms with Gasteiger partial charge in [-0.3, -0.25) is 4.79 Å². The fraction of sp³-hybridized carbons (Fsp3) is 0.636. The Labute approximate surface area is 166 Å². The maximum Gasteiger partial charge on any atom is 0.334 e. The first-order chi connectivity index (χ1) is 13.1. The molecule has 154 valence electrons. The highest BCUT2D eigenvalue weighted by Crippen LogP contribution is 2.49. The molecule has 28 heavy (non-hydrogen) atoms. The minimum absolute atomic E-state index is 0.231. The Bertz CT molecular complexity index is 735. The van der Waals surface area contributed by atoms with E-state index in [9.17, 15) is 14.7 Å².